The van der Waals surface area contributed by atoms with Crippen molar-refractivity contribution in [3.63, 3.8) is 0 Å². The highest BCUT2D eigenvalue weighted by Gasteiger charge is 2.33. The van der Waals surface area contributed by atoms with Crippen LogP contribution in [0.25, 0.3) is 0 Å². The lowest BCUT2D eigenvalue weighted by molar-refractivity contribution is -0.140. The SMILES string of the molecule is CCNC(=O)[C@H](Cc1ccccc1)N(Cc1ccc(Cl)cc1Cl)C(=O)CN(c1ccc(Br)c(C)c1)S(C)(=O)=O. The average molecular weight is 655 g/mol. The number of aryl methyl sites for hydroxylation is 1. The number of anilines is 1. The zero-order chi connectivity index (χ0) is 28.7. The number of hydrogen-bond donors (Lipinski definition) is 1. The van der Waals surface area contributed by atoms with Crippen LogP contribution in [0, 0.1) is 6.92 Å². The number of sulfonamides is 1. The van der Waals surface area contributed by atoms with Crippen molar-refractivity contribution in [1.29, 1.82) is 0 Å². The van der Waals surface area contributed by atoms with Crippen LogP contribution in [-0.2, 0) is 32.6 Å². The van der Waals surface area contributed by atoms with E-state index >= 15 is 0 Å². The summed E-state index contributed by atoms with van der Waals surface area (Å²) < 4.78 is 27.6. The number of amides is 2. The summed E-state index contributed by atoms with van der Waals surface area (Å²) >= 11 is 16.0. The molecule has 0 saturated carbocycles. The largest absolute Gasteiger partial charge is 0.355 e. The highest BCUT2D eigenvalue weighted by molar-refractivity contribution is 9.10. The van der Waals surface area contributed by atoms with Gasteiger partial charge in [0.2, 0.25) is 21.8 Å². The molecule has 0 spiro atoms. The molecule has 3 rings (SSSR count). The maximum absolute atomic E-state index is 14.0. The molecule has 0 aromatic heterocycles. The maximum atomic E-state index is 14.0. The number of nitrogens with zero attached hydrogens (tertiary/aromatic N) is 2. The predicted octanol–water partition coefficient (Wildman–Crippen LogP) is 5.61. The van der Waals surface area contributed by atoms with Crippen LogP contribution >= 0.6 is 39.1 Å². The number of benzene rings is 3. The van der Waals surface area contributed by atoms with Gasteiger partial charge in [-0.1, -0.05) is 75.5 Å². The topological polar surface area (TPSA) is 86.8 Å². The van der Waals surface area contributed by atoms with E-state index in [4.69, 9.17) is 23.2 Å². The number of rotatable bonds is 11. The molecule has 1 N–H and O–H groups in total. The second-order valence-corrected chi connectivity index (χ2v) is 12.7. The molecule has 0 radical (unpaired) electrons. The van der Waals surface area contributed by atoms with Crippen molar-refractivity contribution in [3.05, 3.63) is 97.9 Å². The van der Waals surface area contributed by atoms with Crippen LogP contribution in [0.2, 0.25) is 10.0 Å². The van der Waals surface area contributed by atoms with E-state index in [0.717, 1.165) is 26.2 Å². The fraction of sp³-hybridized carbons (Fsp3) is 0.286. The molecule has 7 nitrogen and oxygen atoms in total. The number of likely N-dealkylation sites (N-methyl/N-ethyl adjacent to an activating group) is 1. The molecule has 0 heterocycles. The fourth-order valence-corrected chi connectivity index (χ4v) is 5.63. The zero-order valence-corrected chi connectivity index (χ0v) is 25.7. The van der Waals surface area contributed by atoms with Crippen molar-refractivity contribution in [2.45, 2.75) is 32.9 Å². The van der Waals surface area contributed by atoms with Crippen LogP contribution in [0.5, 0.6) is 0 Å². The standard InChI is InChI=1S/C28H30BrCl2N3O4S/c1-4-32-28(36)26(15-20-8-6-5-7-9-20)33(17-21-10-11-22(30)16-25(21)31)27(35)18-34(39(3,37)38)23-12-13-24(29)19(2)14-23/h5-14,16,26H,4,15,17-18H2,1-3H3,(H,32,36)/t26-/m0/s1. The number of halogens is 3. The van der Waals surface area contributed by atoms with Crippen LogP contribution in [-0.4, -0.2) is 50.5 Å². The lowest BCUT2D eigenvalue weighted by Gasteiger charge is -2.33. The van der Waals surface area contributed by atoms with Crippen LogP contribution in [0.1, 0.15) is 23.6 Å². The van der Waals surface area contributed by atoms with Gasteiger partial charge in [-0.15, -0.1) is 0 Å². The van der Waals surface area contributed by atoms with E-state index in [1.54, 1.807) is 43.3 Å². The Bertz CT molecular complexity index is 1440. The molecule has 0 aliphatic rings. The van der Waals surface area contributed by atoms with E-state index in [1.165, 1.54) is 4.90 Å². The number of carbonyl (C=O) groups excluding carboxylic acids is 2. The summed E-state index contributed by atoms with van der Waals surface area (Å²) in [5.41, 5.74) is 2.57. The molecule has 0 aliphatic carbocycles. The van der Waals surface area contributed by atoms with E-state index in [2.05, 4.69) is 21.2 Å². The lowest BCUT2D eigenvalue weighted by Crippen LogP contribution is -2.53. The summed E-state index contributed by atoms with van der Waals surface area (Å²) in [6, 6.07) is 18.3. The summed E-state index contributed by atoms with van der Waals surface area (Å²) in [7, 11) is -3.85. The molecule has 11 heteroatoms. The zero-order valence-electron chi connectivity index (χ0n) is 21.8. The molecule has 0 bridgehead atoms. The number of nitrogens with one attached hydrogen (secondary N) is 1. The molecular formula is C28H30BrCl2N3O4S. The van der Waals surface area contributed by atoms with Crippen LogP contribution in [0.15, 0.2) is 71.2 Å². The van der Waals surface area contributed by atoms with Crippen molar-refractivity contribution >= 4 is 66.7 Å². The second kappa shape index (κ2) is 13.7. The molecular weight excluding hydrogens is 625 g/mol. The third kappa shape index (κ3) is 8.45. The molecule has 0 saturated heterocycles. The van der Waals surface area contributed by atoms with Crippen LogP contribution in [0.4, 0.5) is 5.69 Å². The van der Waals surface area contributed by atoms with Crippen molar-refractivity contribution < 1.29 is 18.0 Å². The fourth-order valence-electron chi connectivity index (χ4n) is 4.08. The van der Waals surface area contributed by atoms with Gasteiger partial charge in [0, 0.05) is 34.0 Å². The predicted molar refractivity (Wildman–Crippen MR) is 161 cm³/mol. The maximum Gasteiger partial charge on any atom is 0.244 e. The summed E-state index contributed by atoms with van der Waals surface area (Å²) in [6.45, 7) is 3.45. The number of carbonyl (C=O) groups is 2. The molecule has 208 valence electrons. The van der Waals surface area contributed by atoms with Gasteiger partial charge in [0.1, 0.15) is 12.6 Å². The Morgan fingerprint density at radius 1 is 1.03 bits per heavy atom. The monoisotopic (exact) mass is 653 g/mol. The van der Waals surface area contributed by atoms with Gasteiger partial charge >= 0.3 is 0 Å². The van der Waals surface area contributed by atoms with Crippen LogP contribution in [0.3, 0.4) is 0 Å². The van der Waals surface area contributed by atoms with Gasteiger partial charge in [-0.3, -0.25) is 13.9 Å². The van der Waals surface area contributed by atoms with Gasteiger partial charge in [-0.25, -0.2) is 8.42 Å². The normalized spacial score (nSPS) is 12.1. The minimum absolute atomic E-state index is 0.0273. The molecule has 3 aromatic rings. The Labute approximate surface area is 248 Å². The van der Waals surface area contributed by atoms with E-state index in [9.17, 15) is 18.0 Å². The summed E-state index contributed by atoms with van der Waals surface area (Å²) in [5, 5.41) is 3.58. The summed E-state index contributed by atoms with van der Waals surface area (Å²) in [5.74, 6) is -0.913. The van der Waals surface area contributed by atoms with Gasteiger partial charge in [0.05, 0.1) is 11.9 Å². The summed E-state index contributed by atoms with van der Waals surface area (Å²) in [4.78, 5) is 28.8. The quantitative estimate of drug-likeness (QED) is 0.291. The molecule has 0 fully saturated rings. The molecule has 0 unspecified atom stereocenters. The van der Waals surface area contributed by atoms with Gasteiger partial charge in [0.15, 0.2) is 0 Å². The minimum Gasteiger partial charge on any atom is -0.355 e. The minimum atomic E-state index is -3.85. The Hall–Kier alpha value is -2.59. The van der Waals surface area contributed by atoms with Gasteiger partial charge < -0.3 is 10.2 Å². The Morgan fingerprint density at radius 2 is 1.72 bits per heavy atom. The van der Waals surface area contributed by atoms with Crippen molar-refractivity contribution in [2.24, 2.45) is 0 Å². The van der Waals surface area contributed by atoms with Crippen molar-refractivity contribution in [1.82, 2.24) is 10.2 Å². The van der Waals surface area contributed by atoms with Gasteiger partial charge in [-0.05, 0) is 60.9 Å². The second-order valence-electron chi connectivity index (χ2n) is 9.06. The Balaban J connectivity index is 2.07. The van der Waals surface area contributed by atoms with E-state index < -0.39 is 28.5 Å². The van der Waals surface area contributed by atoms with Gasteiger partial charge in [0.25, 0.3) is 0 Å². The van der Waals surface area contributed by atoms with Crippen molar-refractivity contribution in [3.8, 4) is 0 Å². The first kappa shape index (κ1) is 30.9. The van der Waals surface area contributed by atoms with E-state index in [0.29, 0.717) is 27.8 Å². The van der Waals surface area contributed by atoms with E-state index in [1.807, 2.05) is 37.3 Å². The molecule has 39 heavy (non-hydrogen) atoms. The van der Waals surface area contributed by atoms with Gasteiger partial charge in [-0.2, -0.15) is 0 Å². The van der Waals surface area contributed by atoms with E-state index in [-0.39, 0.29) is 18.9 Å². The third-order valence-corrected chi connectivity index (χ3v) is 8.70. The Kier molecular flexibility index (Phi) is 10.8. The lowest BCUT2D eigenvalue weighted by atomic mass is 10.0. The van der Waals surface area contributed by atoms with Crippen molar-refractivity contribution in [2.75, 3.05) is 23.7 Å². The van der Waals surface area contributed by atoms with Crippen LogP contribution < -0.4 is 9.62 Å². The average Bonchev–Trinajstić information content (AvgIpc) is 2.87. The number of hydrogen-bond acceptors (Lipinski definition) is 4. The first-order valence-corrected chi connectivity index (χ1v) is 15.6. The Morgan fingerprint density at radius 3 is 2.31 bits per heavy atom. The molecule has 0 aliphatic heterocycles. The highest BCUT2D eigenvalue weighted by Crippen LogP contribution is 2.27. The third-order valence-electron chi connectivity index (χ3n) is 6.09. The molecule has 1 atom stereocenters. The smallest absolute Gasteiger partial charge is 0.244 e. The molecule has 3 aromatic carbocycles. The first-order valence-electron chi connectivity index (χ1n) is 12.2. The summed E-state index contributed by atoms with van der Waals surface area (Å²) in [6.07, 6.45) is 1.27. The first-order chi connectivity index (χ1) is 18.4. The highest BCUT2D eigenvalue weighted by atomic mass is 79.9. The molecule has 2 amide bonds.